The van der Waals surface area contributed by atoms with Crippen LogP contribution in [0.15, 0.2) is 41.3 Å². The summed E-state index contributed by atoms with van der Waals surface area (Å²) in [6.45, 7) is 1.91. The first-order valence-corrected chi connectivity index (χ1v) is 5.17. The molecule has 0 fully saturated rings. The van der Waals surface area contributed by atoms with E-state index in [-0.39, 0.29) is 17.7 Å². The van der Waals surface area contributed by atoms with Crippen molar-refractivity contribution in [3.63, 3.8) is 0 Å². The van der Waals surface area contributed by atoms with E-state index in [1.165, 1.54) is 22.8 Å². The van der Waals surface area contributed by atoms with Gasteiger partial charge >= 0.3 is 0 Å². The zero-order valence-electron chi connectivity index (χ0n) is 9.28. The summed E-state index contributed by atoms with van der Waals surface area (Å²) in [6.07, 6.45) is 1.60. The highest BCUT2D eigenvalue weighted by Gasteiger charge is 2.05. The van der Waals surface area contributed by atoms with Crippen molar-refractivity contribution in [2.75, 3.05) is 0 Å². The van der Waals surface area contributed by atoms with Gasteiger partial charge in [-0.15, -0.1) is 0 Å². The van der Waals surface area contributed by atoms with Crippen LogP contribution >= 0.6 is 0 Å². The van der Waals surface area contributed by atoms with Gasteiger partial charge in [0.25, 0.3) is 5.56 Å². The van der Waals surface area contributed by atoms with E-state index in [2.05, 4.69) is 0 Å². The highest BCUT2D eigenvalue weighted by molar-refractivity contribution is 5.19. The molecule has 0 unspecified atom stereocenters. The number of rotatable bonds is 2. The van der Waals surface area contributed by atoms with E-state index >= 15 is 0 Å². The molecule has 4 heteroatoms. The largest absolute Gasteiger partial charge is 0.311 e. The lowest BCUT2D eigenvalue weighted by Gasteiger charge is -2.07. The molecule has 0 spiro atoms. The predicted octanol–water partition coefficient (Wildman–Crippen LogP) is 2.48. The molecule has 0 aliphatic rings. The van der Waals surface area contributed by atoms with E-state index < -0.39 is 11.6 Å². The Morgan fingerprint density at radius 3 is 2.59 bits per heavy atom. The summed E-state index contributed by atoms with van der Waals surface area (Å²) in [6, 6.07) is 6.58. The first kappa shape index (κ1) is 11.5. The minimum atomic E-state index is -0.641. The van der Waals surface area contributed by atoms with Crippen molar-refractivity contribution >= 4 is 0 Å². The molecule has 0 aliphatic carbocycles. The van der Waals surface area contributed by atoms with Crippen LogP contribution in [0.2, 0.25) is 0 Å². The van der Waals surface area contributed by atoms with Gasteiger partial charge in [0.2, 0.25) is 0 Å². The summed E-state index contributed by atoms with van der Waals surface area (Å²) in [5.74, 6) is -1.26. The molecular weight excluding hydrogens is 224 g/mol. The highest BCUT2D eigenvalue weighted by atomic mass is 19.1. The third kappa shape index (κ3) is 2.58. The molecule has 2 nitrogen and oxygen atoms in total. The third-order valence-electron chi connectivity index (χ3n) is 2.51. The van der Waals surface area contributed by atoms with Gasteiger partial charge in [-0.25, -0.2) is 8.78 Å². The lowest BCUT2D eigenvalue weighted by atomic mass is 10.2. The van der Waals surface area contributed by atoms with Crippen molar-refractivity contribution in [3.8, 4) is 0 Å². The lowest BCUT2D eigenvalue weighted by Crippen LogP contribution is -2.19. The number of hydrogen-bond donors (Lipinski definition) is 0. The van der Waals surface area contributed by atoms with Gasteiger partial charge in [-0.05, 0) is 24.6 Å². The Morgan fingerprint density at radius 1 is 1.18 bits per heavy atom. The topological polar surface area (TPSA) is 22.0 Å². The molecule has 2 aromatic rings. The zero-order valence-corrected chi connectivity index (χ0v) is 9.28. The van der Waals surface area contributed by atoms with Gasteiger partial charge in [0.05, 0.1) is 6.54 Å². The molecule has 0 aliphatic heterocycles. The maximum atomic E-state index is 13.4. The Balaban J connectivity index is 2.35. The van der Waals surface area contributed by atoms with E-state index in [4.69, 9.17) is 0 Å². The summed E-state index contributed by atoms with van der Waals surface area (Å²) in [5.41, 5.74) is 0.942. The molecule has 1 heterocycles. The quantitative estimate of drug-likeness (QED) is 0.783. The maximum absolute atomic E-state index is 13.4. The summed E-state index contributed by atoms with van der Waals surface area (Å²) < 4.78 is 27.5. The van der Waals surface area contributed by atoms with E-state index in [0.717, 1.165) is 11.6 Å². The fourth-order valence-electron chi connectivity index (χ4n) is 1.57. The molecule has 0 radical (unpaired) electrons. The molecular formula is C13H11F2NO. The summed E-state index contributed by atoms with van der Waals surface area (Å²) in [4.78, 5) is 11.6. The van der Waals surface area contributed by atoms with E-state index in [1.807, 2.05) is 6.92 Å². The normalized spacial score (nSPS) is 10.5. The number of nitrogens with zero attached hydrogens (tertiary/aromatic N) is 1. The van der Waals surface area contributed by atoms with Crippen LogP contribution in [0.1, 0.15) is 11.1 Å². The number of aryl methyl sites for hydroxylation is 1. The standard InChI is InChI=1S/C13H11F2NO/c1-9-4-5-16(13(17)6-9)8-10-2-3-11(14)7-12(10)15/h2-7H,8H2,1H3. The van der Waals surface area contributed by atoms with Gasteiger partial charge < -0.3 is 4.57 Å². The first-order valence-electron chi connectivity index (χ1n) is 5.17. The van der Waals surface area contributed by atoms with Gasteiger partial charge in [-0.2, -0.15) is 0 Å². The van der Waals surface area contributed by atoms with Gasteiger partial charge in [-0.3, -0.25) is 4.79 Å². The second-order valence-corrected chi connectivity index (χ2v) is 3.91. The number of hydrogen-bond acceptors (Lipinski definition) is 1. The van der Waals surface area contributed by atoms with Crippen LogP contribution in [0.3, 0.4) is 0 Å². The smallest absolute Gasteiger partial charge is 0.251 e. The Morgan fingerprint density at radius 2 is 1.94 bits per heavy atom. The number of benzene rings is 1. The second kappa shape index (κ2) is 4.49. The SMILES string of the molecule is Cc1ccn(Cc2ccc(F)cc2F)c(=O)c1. The lowest BCUT2D eigenvalue weighted by molar-refractivity contribution is 0.564. The summed E-state index contributed by atoms with van der Waals surface area (Å²) >= 11 is 0. The fraction of sp³-hybridized carbons (Fsp3) is 0.154. The van der Waals surface area contributed by atoms with Crippen molar-refractivity contribution in [2.24, 2.45) is 0 Å². The molecule has 0 bridgehead atoms. The van der Waals surface area contributed by atoms with Gasteiger partial charge in [0.1, 0.15) is 11.6 Å². The minimum absolute atomic E-state index is 0.102. The monoisotopic (exact) mass is 235 g/mol. The van der Waals surface area contributed by atoms with Crippen LogP contribution < -0.4 is 5.56 Å². The van der Waals surface area contributed by atoms with Gasteiger partial charge in [0.15, 0.2) is 0 Å². The predicted molar refractivity (Wildman–Crippen MR) is 60.9 cm³/mol. The average molecular weight is 235 g/mol. The highest BCUT2D eigenvalue weighted by Crippen LogP contribution is 2.10. The Bertz CT molecular complexity index is 605. The van der Waals surface area contributed by atoms with Gasteiger partial charge in [0, 0.05) is 23.9 Å². The number of pyridine rings is 1. The van der Waals surface area contributed by atoms with Crippen LogP contribution in [0.5, 0.6) is 0 Å². The van der Waals surface area contributed by atoms with Crippen LogP contribution in [0, 0.1) is 18.6 Å². The Kier molecular flexibility index (Phi) is 3.04. The molecule has 0 amide bonds. The van der Waals surface area contributed by atoms with Crippen LogP contribution in [0.25, 0.3) is 0 Å². The molecule has 0 saturated heterocycles. The molecule has 17 heavy (non-hydrogen) atoms. The van der Waals surface area contributed by atoms with E-state index in [1.54, 1.807) is 12.3 Å². The second-order valence-electron chi connectivity index (χ2n) is 3.91. The van der Waals surface area contributed by atoms with Crippen molar-refractivity contribution < 1.29 is 8.78 Å². The molecule has 1 aromatic heterocycles. The maximum Gasteiger partial charge on any atom is 0.251 e. The van der Waals surface area contributed by atoms with E-state index in [9.17, 15) is 13.6 Å². The number of aromatic nitrogens is 1. The number of halogens is 2. The fourth-order valence-corrected chi connectivity index (χ4v) is 1.57. The third-order valence-corrected chi connectivity index (χ3v) is 2.51. The van der Waals surface area contributed by atoms with E-state index in [0.29, 0.717) is 0 Å². The van der Waals surface area contributed by atoms with Crippen LogP contribution in [0.4, 0.5) is 8.78 Å². The molecule has 2 rings (SSSR count). The van der Waals surface area contributed by atoms with Gasteiger partial charge in [-0.1, -0.05) is 6.07 Å². The molecule has 88 valence electrons. The molecule has 0 saturated carbocycles. The van der Waals surface area contributed by atoms with Crippen molar-refractivity contribution in [3.05, 3.63) is 69.6 Å². The van der Waals surface area contributed by atoms with Crippen LogP contribution in [-0.4, -0.2) is 4.57 Å². The minimum Gasteiger partial charge on any atom is -0.311 e. The molecule has 0 N–H and O–H groups in total. The zero-order chi connectivity index (χ0) is 12.4. The Labute approximate surface area is 97.1 Å². The van der Waals surface area contributed by atoms with Crippen LogP contribution in [-0.2, 0) is 6.54 Å². The first-order chi connectivity index (χ1) is 8.06. The molecule has 1 aromatic carbocycles. The average Bonchev–Trinajstić information content (AvgIpc) is 2.25. The summed E-state index contributed by atoms with van der Waals surface area (Å²) in [7, 11) is 0. The van der Waals surface area contributed by atoms with Crippen molar-refractivity contribution in [1.82, 2.24) is 4.57 Å². The summed E-state index contributed by atoms with van der Waals surface area (Å²) in [5, 5.41) is 0. The Hall–Kier alpha value is -1.97. The molecule has 0 atom stereocenters. The van der Waals surface area contributed by atoms with Crippen molar-refractivity contribution in [1.29, 1.82) is 0 Å². The van der Waals surface area contributed by atoms with Crippen molar-refractivity contribution in [2.45, 2.75) is 13.5 Å².